The molecule has 196 valence electrons. The smallest absolute Gasteiger partial charge is 0.219 e. The van der Waals surface area contributed by atoms with E-state index in [4.69, 9.17) is 9.47 Å². The number of ether oxygens (including phenoxy) is 2. The number of nitrogens with zero attached hydrogens (tertiary/aromatic N) is 4. The van der Waals surface area contributed by atoms with Gasteiger partial charge in [0, 0.05) is 25.0 Å². The Hall–Kier alpha value is -3.58. The lowest BCUT2D eigenvalue weighted by atomic mass is 9.99. The first-order chi connectivity index (χ1) is 17.8. The lowest BCUT2D eigenvalue weighted by Crippen LogP contribution is -2.14. The fraction of sp³-hybridized carbons (Fsp3) is 0.400. The quantitative estimate of drug-likeness (QED) is 0.260. The zero-order valence-electron chi connectivity index (χ0n) is 22.9. The van der Waals surface area contributed by atoms with Gasteiger partial charge in [0.2, 0.25) is 5.88 Å². The van der Waals surface area contributed by atoms with E-state index < -0.39 is 0 Å². The Kier molecular flexibility index (Phi) is 10.3. The summed E-state index contributed by atoms with van der Waals surface area (Å²) in [5.74, 6) is 2.79. The van der Waals surface area contributed by atoms with Gasteiger partial charge in [-0.15, -0.1) is 0 Å². The number of hydrogen-bond donors (Lipinski definition) is 1. The van der Waals surface area contributed by atoms with Crippen molar-refractivity contribution in [2.24, 2.45) is 10.4 Å². The van der Waals surface area contributed by atoms with Gasteiger partial charge in [0.25, 0.3) is 0 Å². The van der Waals surface area contributed by atoms with Crippen molar-refractivity contribution in [3.05, 3.63) is 71.7 Å². The van der Waals surface area contributed by atoms with Crippen molar-refractivity contribution in [1.29, 1.82) is 0 Å². The van der Waals surface area contributed by atoms with E-state index in [1.807, 2.05) is 37.4 Å². The monoisotopic (exact) mass is 501 g/mol. The normalized spacial score (nSPS) is 12.2. The van der Waals surface area contributed by atoms with Crippen LogP contribution in [0.25, 0.3) is 5.57 Å². The van der Waals surface area contributed by atoms with E-state index in [0.29, 0.717) is 24.9 Å². The van der Waals surface area contributed by atoms with Gasteiger partial charge in [-0.2, -0.15) is 0 Å². The van der Waals surface area contributed by atoms with Crippen LogP contribution in [0.15, 0.2) is 60.0 Å². The van der Waals surface area contributed by atoms with Crippen LogP contribution in [0.5, 0.6) is 11.6 Å². The number of rotatable bonds is 12. The lowest BCUT2D eigenvalue weighted by Gasteiger charge is -2.18. The molecular formula is C30H39N5O2. The van der Waals surface area contributed by atoms with Crippen LogP contribution in [0, 0.1) is 5.41 Å². The van der Waals surface area contributed by atoms with E-state index in [2.05, 4.69) is 78.1 Å². The first kappa shape index (κ1) is 28.0. The molecule has 0 saturated heterocycles. The molecule has 0 radical (unpaired) electrons. The molecule has 0 amide bonds. The Balaban J connectivity index is 1.57. The van der Waals surface area contributed by atoms with E-state index >= 15 is 0 Å². The molecule has 2 heterocycles. The Morgan fingerprint density at radius 3 is 2.54 bits per heavy atom. The molecule has 0 spiro atoms. The zero-order valence-corrected chi connectivity index (χ0v) is 22.9. The Bertz CT molecular complexity index is 1200. The molecule has 1 N–H and O–H groups in total. The molecule has 37 heavy (non-hydrogen) atoms. The van der Waals surface area contributed by atoms with Gasteiger partial charge in [0.05, 0.1) is 18.8 Å². The van der Waals surface area contributed by atoms with Crippen molar-refractivity contribution in [3.63, 3.8) is 0 Å². The van der Waals surface area contributed by atoms with Crippen LogP contribution in [0.1, 0.15) is 64.7 Å². The molecule has 0 fully saturated rings. The maximum Gasteiger partial charge on any atom is 0.219 e. The van der Waals surface area contributed by atoms with Crippen molar-refractivity contribution < 1.29 is 9.47 Å². The summed E-state index contributed by atoms with van der Waals surface area (Å²) in [6, 6.07) is 12.0. The highest BCUT2D eigenvalue weighted by Gasteiger charge is 2.12. The zero-order chi connectivity index (χ0) is 26.7. The summed E-state index contributed by atoms with van der Waals surface area (Å²) in [5, 5.41) is 3.46. The van der Waals surface area contributed by atoms with E-state index in [1.54, 1.807) is 12.5 Å². The van der Waals surface area contributed by atoms with Crippen LogP contribution in [-0.4, -0.2) is 34.3 Å². The molecule has 0 unspecified atom stereocenters. The van der Waals surface area contributed by atoms with Gasteiger partial charge in [-0.1, -0.05) is 45.9 Å². The van der Waals surface area contributed by atoms with Gasteiger partial charge in [-0.3, -0.25) is 0 Å². The van der Waals surface area contributed by atoms with Crippen LogP contribution >= 0.6 is 0 Å². The molecule has 0 aliphatic heterocycles. The minimum Gasteiger partial charge on any atom is -0.439 e. The summed E-state index contributed by atoms with van der Waals surface area (Å²) < 4.78 is 11.8. The number of allylic oxidation sites excluding steroid dienone is 2. The second kappa shape index (κ2) is 13.7. The number of benzene rings is 1. The third kappa shape index (κ3) is 9.10. The predicted molar refractivity (Wildman–Crippen MR) is 152 cm³/mol. The highest BCUT2D eigenvalue weighted by molar-refractivity contribution is 5.81. The van der Waals surface area contributed by atoms with Gasteiger partial charge in [-0.25, -0.2) is 19.9 Å². The molecular weight excluding hydrogens is 462 g/mol. The molecule has 7 heteroatoms. The summed E-state index contributed by atoms with van der Waals surface area (Å²) in [4.78, 5) is 17.7. The Labute approximate surface area is 221 Å². The first-order valence-corrected chi connectivity index (χ1v) is 12.8. The van der Waals surface area contributed by atoms with E-state index in [0.717, 1.165) is 47.7 Å². The molecule has 1 aromatic carbocycles. The van der Waals surface area contributed by atoms with E-state index in [-0.39, 0.29) is 5.41 Å². The van der Waals surface area contributed by atoms with Crippen LogP contribution < -0.4 is 10.1 Å². The van der Waals surface area contributed by atoms with Crippen LogP contribution in [-0.2, 0) is 17.8 Å². The van der Waals surface area contributed by atoms with Gasteiger partial charge in [0.15, 0.2) is 5.82 Å². The molecule has 0 bridgehead atoms. The van der Waals surface area contributed by atoms with Crippen LogP contribution in [0.2, 0.25) is 0 Å². The maximum atomic E-state index is 5.98. The number of hydrogen-bond acceptors (Lipinski definition) is 7. The lowest BCUT2D eigenvalue weighted by molar-refractivity contribution is 0.0598. The standard InChI is InChI=1S/C30H39N5O2/c1-7-15-32-28-27(22(3)8-2)29(35-21-34-28)33-17-13-23-9-11-25(12-10-23)37-26-18-24(14-16-31-26)19-36-20-30(4,5)6/h8-12,14-16,18,21H,7,13,17,19-20H2,1-6H3,(H,33,34,35). The fourth-order valence-corrected chi connectivity index (χ4v) is 3.53. The van der Waals surface area contributed by atoms with Crippen molar-refractivity contribution in [2.75, 3.05) is 18.5 Å². The fourth-order valence-electron chi connectivity index (χ4n) is 3.53. The van der Waals surface area contributed by atoms with Gasteiger partial charge < -0.3 is 14.8 Å². The van der Waals surface area contributed by atoms with Crippen molar-refractivity contribution in [3.8, 4) is 11.6 Å². The highest BCUT2D eigenvalue weighted by atomic mass is 16.5. The van der Waals surface area contributed by atoms with Gasteiger partial charge in [-0.05, 0) is 67.0 Å². The van der Waals surface area contributed by atoms with Crippen LogP contribution in [0.3, 0.4) is 0 Å². The molecule has 7 nitrogen and oxygen atoms in total. The summed E-state index contributed by atoms with van der Waals surface area (Å²) in [6.45, 7) is 14.6. The Morgan fingerprint density at radius 1 is 1.05 bits per heavy atom. The van der Waals surface area contributed by atoms with E-state index in [9.17, 15) is 0 Å². The average Bonchev–Trinajstić information content (AvgIpc) is 2.87. The molecule has 3 rings (SSSR count). The minimum atomic E-state index is 0.137. The SMILES string of the molecule is CC=C(C)c1c(N=CCC)ncnc1NCCc1ccc(Oc2cc(COCC(C)(C)C)ccn2)cc1. The second-order valence-corrected chi connectivity index (χ2v) is 10.1. The van der Waals surface area contributed by atoms with E-state index in [1.165, 1.54) is 5.56 Å². The first-order valence-electron chi connectivity index (χ1n) is 12.8. The summed E-state index contributed by atoms with van der Waals surface area (Å²) in [6.07, 6.45) is 8.93. The number of pyridine rings is 1. The van der Waals surface area contributed by atoms with Crippen LogP contribution in [0.4, 0.5) is 11.6 Å². The largest absolute Gasteiger partial charge is 0.439 e. The van der Waals surface area contributed by atoms with Crippen molar-refractivity contribution >= 4 is 23.4 Å². The molecule has 0 aliphatic carbocycles. The summed E-state index contributed by atoms with van der Waals surface area (Å²) in [7, 11) is 0. The minimum absolute atomic E-state index is 0.137. The number of anilines is 1. The number of nitrogens with one attached hydrogen (secondary N) is 1. The predicted octanol–water partition coefficient (Wildman–Crippen LogP) is 7.42. The highest BCUT2D eigenvalue weighted by Crippen LogP contribution is 2.30. The van der Waals surface area contributed by atoms with Crippen molar-refractivity contribution in [2.45, 2.75) is 61.0 Å². The summed E-state index contributed by atoms with van der Waals surface area (Å²) in [5.41, 5.74) is 4.40. The third-order valence-electron chi connectivity index (χ3n) is 5.51. The molecule has 0 atom stereocenters. The van der Waals surface area contributed by atoms with Gasteiger partial charge in [0.1, 0.15) is 17.9 Å². The maximum absolute atomic E-state index is 5.98. The topological polar surface area (TPSA) is 81.5 Å². The van der Waals surface area contributed by atoms with Gasteiger partial charge >= 0.3 is 0 Å². The molecule has 2 aromatic heterocycles. The average molecular weight is 502 g/mol. The third-order valence-corrected chi connectivity index (χ3v) is 5.51. The summed E-state index contributed by atoms with van der Waals surface area (Å²) >= 11 is 0. The molecule has 0 aliphatic rings. The molecule has 3 aromatic rings. The number of aliphatic imine (C=N–C) groups is 1. The Morgan fingerprint density at radius 2 is 1.84 bits per heavy atom. The van der Waals surface area contributed by atoms with Crippen molar-refractivity contribution in [1.82, 2.24) is 15.0 Å². The number of aromatic nitrogens is 3. The molecule has 0 saturated carbocycles. The second-order valence-electron chi connectivity index (χ2n) is 10.1.